The maximum absolute atomic E-state index is 13.9. The van der Waals surface area contributed by atoms with E-state index in [1.165, 1.54) is 5.56 Å². The smallest absolute Gasteiger partial charge is 0.247 e. The van der Waals surface area contributed by atoms with Gasteiger partial charge in [0.2, 0.25) is 11.8 Å². The highest BCUT2D eigenvalue weighted by Gasteiger charge is 2.34. The average Bonchev–Trinajstić information content (AvgIpc) is 3.28. The number of carbonyl (C=O) groups excluding carboxylic acids is 2. The highest BCUT2D eigenvalue weighted by atomic mass is 16.5. The SMILES string of the molecule is CCOCCCN(C(=O)Cn1nnc2ccccc21)[C@@H](C(=O)NC(C)(C)CC)c1ccc(C(C)C)cc1. The number of rotatable bonds is 13. The lowest BCUT2D eigenvalue weighted by atomic mass is 9.96. The lowest BCUT2D eigenvalue weighted by Crippen LogP contribution is -2.51. The lowest BCUT2D eigenvalue weighted by Gasteiger charge is -2.34. The zero-order valence-electron chi connectivity index (χ0n) is 23.0. The quantitative estimate of drug-likeness (QED) is 0.334. The minimum atomic E-state index is -0.782. The van der Waals surface area contributed by atoms with Crippen LogP contribution in [0, 0.1) is 0 Å². The summed E-state index contributed by atoms with van der Waals surface area (Å²) >= 11 is 0. The number of fused-ring (bicyclic) bond motifs is 1. The van der Waals surface area contributed by atoms with Crippen LogP contribution in [-0.4, -0.2) is 57.0 Å². The molecule has 0 aliphatic heterocycles. The third-order valence-electron chi connectivity index (χ3n) is 6.74. The molecule has 0 spiro atoms. The van der Waals surface area contributed by atoms with Gasteiger partial charge >= 0.3 is 0 Å². The van der Waals surface area contributed by atoms with Crippen molar-refractivity contribution in [3.63, 3.8) is 0 Å². The molecule has 1 aromatic heterocycles. The zero-order chi connectivity index (χ0) is 27.0. The molecule has 3 aromatic rings. The van der Waals surface area contributed by atoms with Gasteiger partial charge in [0.15, 0.2) is 0 Å². The van der Waals surface area contributed by atoms with Crippen molar-refractivity contribution in [2.75, 3.05) is 19.8 Å². The monoisotopic (exact) mass is 507 g/mol. The molecular formula is C29H41N5O3. The second-order valence-corrected chi connectivity index (χ2v) is 10.3. The number of benzene rings is 2. The van der Waals surface area contributed by atoms with E-state index >= 15 is 0 Å². The second-order valence-electron chi connectivity index (χ2n) is 10.3. The van der Waals surface area contributed by atoms with Gasteiger partial charge in [0.05, 0.1) is 5.52 Å². The number of aromatic nitrogens is 3. The maximum atomic E-state index is 13.9. The molecule has 0 bridgehead atoms. The first-order chi connectivity index (χ1) is 17.7. The first kappa shape index (κ1) is 28.3. The van der Waals surface area contributed by atoms with Crippen LogP contribution in [0.15, 0.2) is 48.5 Å². The fourth-order valence-electron chi connectivity index (χ4n) is 4.16. The number of carbonyl (C=O) groups is 2. The Bertz CT molecular complexity index is 1170. The predicted octanol–water partition coefficient (Wildman–Crippen LogP) is 4.86. The van der Waals surface area contributed by atoms with Gasteiger partial charge in [0.25, 0.3) is 0 Å². The van der Waals surface area contributed by atoms with Crippen LogP contribution < -0.4 is 5.32 Å². The molecule has 8 heteroatoms. The normalized spacial score (nSPS) is 12.6. The van der Waals surface area contributed by atoms with Crippen molar-refractivity contribution >= 4 is 22.8 Å². The molecule has 1 N–H and O–H groups in total. The van der Waals surface area contributed by atoms with Crippen molar-refractivity contribution in [2.24, 2.45) is 0 Å². The summed E-state index contributed by atoms with van der Waals surface area (Å²) < 4.78 is 7.14. The Morgan fingerprint density at radius 2 is 1.73 bits per heavy atom. The first-order valence-corrected chi connectivity index (χ1v) is 13.2. The van der Waals surface area contributed by atoms with E-state index in [0.29, 0.717) is 32.1 Å². The molecule has 1 heterocycles. The van der Waals surface area contributed by atoms with Crippen LogP contribution >= 0.6 is 0 Å². The van der Waals surface area contributed by atoms with E-state index in [-0.39, 0.29) is 18.4 Å². The van der Waals surface area contributed by atoms with Gasteiger partial charge in [0, 0.05) is 25.3 Å². The molecule has 0 radical (unpaired) electrons. The Hall–Kier alpha value is -3.26. The van der Waals surface area contributed by atoms with Gasteiger partial charge in [0.1, 0.15) is 18.1 Å². The molecule has 0 unspecified atom stereocenters. The van der Waals surface area contributed by atoms with Crippen molar-refractivity contribution in [1.82, 2.24) is 25.2 Å². The molecule has 2 aromatic carbocycles. The van der Waals surface area contributed by atoms with Crippen LogP contribution in [0.2, 0.25) is 0 Å². The molecule has 2 amide bonds. The van der Waals surface area contributed by atoms with Gasteiger partial charge in [-0.25, -0.2) is 4.68 Å². The summed E-state index contributed by atoms with van der Waals surface area (Å²) in [5.74, 6) is -0.0308. The molecule has 0 aliphatic rings. The Labute approximate surface area is 220 Å². The summed E-state index contributed by atoms with van der Waals surface area (Å²) in [5.41, 5.74) is 3.05. The van der Waals surface area contributed by atoms with E-state index in [4.69, 9.17) is 4.74 Å². The Morgan fingerprint density at radius 3 is 2.38 bits per heavy atom. The first-order valence-electron chi connectivity index (χ1n) is 13.2. The van der Waals surface area contributed by atoms with Crippen molar-refractivity contribution in [3.05, 3.63) is 59.7 Å². The Morgan fingerprint density at radius 1 is 1.05 bits per heavy atom. The molecule has 200 valence electrons. The van der Waals surface area contributed by atoms with Crippen LogP contribution in [0.3, 0.4) is 0 Å². The molecular weight excluding hydrogens is 466 g/mol. The highest BCUT2D eigenvalue weighted by Crippen LogP contribution is 2.26. The van der Waals surface area contributed by atoms with E-state index < -0.39 is 11.6 Å². The molecule has 0 saturated carbocycles. The predicted molar refractivity (Wildman–Crippen MR) is 146 cm³/mol. The van der Waals surface area contributed by atoms with Crippen LogP contribution in [-0.2, 0) is 20.9 Å². The van der Waals surface area contributed by atoms with Crippen molar-refractivity contribution in [2.45, 2.75) is 78.4 Å². The summed E-state index contributed by atoms with van der Waals surface area (Å²) in [4.78, 5) is 29.3. The maximum Gasteiger partial charge on any atom is 0.247 e. The number of amides is 2. The van der Waals surface area contributed by atoms with Crippen molar-refractivity contribution in [3.8, 4) is 0 Å². The molecule has 0 fully saturated rings. The molecule has 37 heavy (non-hydrogen) atoms. The minimum absolute atomic E-state index is 0.0137. The second kappa shape index (κ2) is 12.8. The third kappa shape index (κ3) is 7.38. The molecule has 8 nitrogen and oxygen atoms in total. The number of ether oxygens (including phenoxy) is 1. The highest BCUT2D eigenvalue weighted by molar-refractivity contribution is 5.89. The summed E-state index contributed by atoms with van der Waals surface area (Å²) in [6.07, 6.45) is 1.38. The Balaban J connectivity index is 1.99. The van der Waals surface area contributed by atoms with E-state index in [1.54, 1.807) is 9.58 Å². The fraction of sp³-hybridized carbons (Fsp3) is 0.517. The van der Waals surface area contributed by atoms with Crippen LogP contribution in [0.4, 0.5) is 0 Å². The minimum Gasteiger partial charge on any atom is -0.382 e. The van der Waals surface area contributed by atoms with Crippen molar-refractivity contribution in [1.29, 1.82) is 0 Å². The zero-order valence-corrected chi connectivity index (χ0v) is 23.0. The number of hydrogen-bond donors (Lipinski definition) is 1. The fourth-order valence-corrected chi connectivity index (χ4v) is 4.16. The van der Waals surface area contributed by atoms with E-state index in [2.05, 4.69) is 29.5 Å². The van der Waals surface area contributed by atoms with Gasteiger partial charge in [-0.3, -0.25) is 9.59 Å². The third-order valence-corrected chi connectivity index (χ3v) is 6.74. The number of nitrogens with zero attached hydrogens (tertiary/aromatic N) is 4. The largest absolute Gasteiger partial charge is 0.382 e. The van der Waals surface area contributed by atoms with Gasteiger partial charge in [-0.05, 0) is 62.8 Å². The van der Waals surface area contributed by atoms with E-state index in [9.17, 15) is 9.59 Å². The molecule has 0 aliphatic carbocycles. The Kier molecular flexibility index (Phi) is 9.80. The van der Waals surface area contributed by atoms with Gasteiger partial charge < -0.3 is 15.0 Å². The van der Waals surface area contributed by atoms with E-state index in [1.807, 2.05) is 76.2 Å². The number of hydrogen-bond acceptors (Lipinski definition) is 5. The van der Waals surface area contributed by atoms with E-state index in [0.717, 1.165) is 23.0 Å². The van der Waals surface area contributed by atoms with Gasteiger partial charge in [-0.15, -0.1) is 5.10 Å². The molecule has 3 rings (SSSR count). The summed E-state index contributed by atoms with van der Waals surface area (Å²) in [6.45, 7) is 13.7. The standard InChI is InChI=1S/C29H41N5O3/c1-7-29(5,6)30-28(36)27(23-16-14-22(15-17-23)21(3)4)33(18-11-19-37-8-2)26(35)20-34-25-13-10-9-12-24(25)31-32-34/h9-10,12-17,21,27H,7-8,11,18-20H2,1-6H3,(H,30,36)/t27-/m1/s1. The summed E-state index contributed by atoms with van der Waals surface area (Å²) in [5, 5.41) is 11.6. The average molecular weight is 508 g/mol. The van der Waals surface area contributed by atoms with Crippen molar-refractivity contribution < 1.29 is 14.3 Å². The van der Waals surface area contributed by atoms with Crippen LogP contribution in [0.25, 0.3) is 11.0 Å². The topological polar surface area (TPSA) is 89.3 Å². The number of para-hydroxylation sites is 1. The van der Waals surface area contributed by atoms with Crippen LogP contribution in [0.5, 0.6) is 0 Å². The van der Waals surface area contributed by atoms with Crippen LogP contribution in [0.1, 0.15) is 77.5 Å². The molecule has 1 atom stereocenters. The molecule has 0 saturated heterocycles. The van der Waals surface area contributed by atoms with Gasteiger partial charge in [-0.1, -0.05) is 62.4 Å². The lowest BCUT2D eigenvalue weighted by molar-refractivity contribution is -0.142. The summed E-state index contributed by atoms with van der Waals surface area (Å²) in [6, 6.07) is 14.8. The number of nitrogens with one attached hydrogen (secondary N) is 1. The summed E-state index contributed by atoms with van der Waals surface area (Å²) in [7, 11) is 0. The van der Waals surface area contributed by atoms with Gasteiger partial charge in [-0.2, -0.15) is 0 Å².